The van der Waals surface area contributed by atoms with Gasteiger partial charge in [0.15, 0.2) is 0 Å². The molecule has 104 valence electrons. The Balaban J connectivity index is 2.18. The summed E-state index contributed by atoms with van der Waals surface area (Å²) in [5.41, 5.74) is 1.45. The monoisotopic (exact) mass is 335 g/mol. The van der Waals surface area contributed by atoms with Gasteiger partial charge >= 0.3 is 0 Å². The minimum absolute atomic E-state index is 0.0851. The number of hydrogen-bond donors (Lipinski definition) is 1. The van der Waals surface area contributed by atoms with E-state index in [4.69, 9.17) is 5.11 Å². The van der Waals surface area contributed by atoms with Crippen LogP contribution in [0.5, 0.6) is 0 Å². The predicted molar refractivity (Wildman–Crippen MR) is 78.0 cm³/mol. The van der Waals surface area contributed by atoms with Gasteiger partial charge in [0.05, 0.1) is 6.61 Å². The SMILES string of the molecule is O=C(c1ccnc(Br)c1)N(CCO)Cc1cccnc1. The average Bonchev–Trinajstić information content (AvgIpc) is 2.47. The summed E-state index contributed by atoms with van der Waals surface area (Å²) in [6, 6.07) is 7.03. The fourth-order valence-electron chi connectivity index (χ4n) is 1.80. The summed E-state index contributed by atoms with van der Waals surface area (Å²) >= 11 is 3.24. The molecule has 0 radical (unpaired) electrons. The van der Waals surface area contributed by atoms with Crippen LogP contribution in [0, 0.1) is 0 Å². The lowest BCUT2D eigenvalue weighted by molar-refractivity contribution is 0.0707. The van der Waals surface area contributed by atoms with Crippen LogP contribution in [0.25, 0.3) is 0 Å². The van der Waals surface area contributed by atoms with Gasteiger partial charge in [0, 0.05) is 37.2 Å². The summed E-state index contributed by atoms with van der Waals surface area (Å²) < 4.78 is 0.605. The van der Waals surface area contributed by atoms with Crippen LogP contribution in [0.15, 0.2) is 47.5 Å². The fraction of sp³-hybridized carbons (Fsp3) is 0.214. The Morgan fingerprint density at radius 2 is 2.20 bits per heavy atom. The number of carbonyl (C=O) groups excluding carboxylic acids is 1. The van der Waals surface area contributed by atoms with Crippen molar-refractivity contribution in [2.45, 2.75) is 6.54 Å². The molecule has 0 unspecified atom stereocenters. The second-order valence-electron chi connectivity index (χ2n) is 4.18. The molecule has 5 nitrogen and oxygen atoms in total. The maximum Gasteiger partial charge on any atom is 0.254 e. The minimum atomic E-state index is -0.147. The molecule has 0 aliphatic rings. The van der Waals surface area contributed by atoms with E-state index in [1.165, 1.54) is 0 Å². The first-order valence-corrected chi connectivity index (χ1v) is 6.90. The number of hydrogen-bond acceptors (Lipinski definition) is 4. The third-order valence-corrected chi connectivity index (χ3v) is 3.16. The first-order valence-electron chi connectivity index (χ1n) is 6.11. The summed E-state index contributed by atoms with van der Waals surface area (Å²) in [7, 11) is 0. The van der Waals surface area contributed by atoms with Gasteiger partial charge in [0.25, 0.3) is 5.91 Å². The summed E-state index contributed by atoms with van der Waals surface area (Å²) in [6.45, 7) is 0.596. The molecular formula is C14H14BrN3O2. The zero-order chi connectivity index (χ0) is 14.4. The molecule has 2 rings (SSSR count). The second-order valence-corrected chi connectivity index (χ2v) is 4.99. The number of amides is 1. The Morgan fingerprint density at radius 1 is 1.35 bits per heavy atom. The molecule has 0 bridgehead atoms. The molecule has 0 saturated heterocycles. The Bertz CT molecular complexity index is 578. The van der Waals surface area contributed by atoms with E-state index in [9.17, 15) is 4.79 Å². The first kappa shape index (κ1) is 14.6. The van der Waals surface area contributed by atoms with Crippen LogP contribution < -0.4 is 0 Å². The van der Waals surface area contributed by atoms with Crippen molar-refractivity contribution in [1.29, 1.82) is 0 Å². The van der Waals surface area contributed by atoms with Gasteiger partial charge in [-0.3, -0.25) is 9.78 Å². The van der Waals surface area contributed by atoms with E-state index < -0.39 is 0 Å². The van der Waals surface area contributed by atoms with Crippen LogP contribution in [0.4, 0.5) is 0 Å². The highest BCUT2D eigenvalue weighted by Crippen LogP contribution is 2.12. The highest BCUT2D eigenvalue weighted by molar-refractivity contribution is 9.10. The number of carbonyl (C=O) groups is 1. The van der Waals surface area contributed by atoms with E-state index in [2.05, 4.69) is 25.9 Å². The Labute approximate surface area is 125 Å². The van der Waals surface area contributed by atoms with Crippen molar-refractivity contribution in [3.8, 4) is 0 Å². The molecule has 2 aromatic rings. The van der Waals surface area contributed by atoms with E-state index in [0.29, 0.717) is 16.7 Å². The predicted octanol–water partition coefficient (Wildman–Crippen LogP) is 1.87. The van der Waals surface area contributed by atoms with E-state index in [0.717, 1.165) is 5.56 Å². The van der Waals surface area contributed by atoms with Gasteiger partial charge in [-0.05, 0) is 39.7 Å². The van der Waals surface area contributed by atoms with E-state index in [1.54, 1.807) is 35.6 Å². The van der Waals surface area contributed by atoms with Crippen molar-refractivity contribution in [2.75, 3.05) is 13.2 Å². The average molecular weight is 336 g/mol. The maximum absolute atomic E-state index is 12.4. The summed E-state index contributed by atoms with van der Waals surface area (Å²) in [4.78, 5) is 22.0. The Morgan fingerprint density at radius 3 is 2.85 bits per heavy atom. The molecular weight excluding hydrogens is 322 g/mol. The third kappa shape index (κ3) is 3.85. The number of pyridine rings is 2. The summed E-state index contributed by atoms with van der Waals surface area (Å²) in [5, 5.41) is 9.13. The van der Waals surface area contributed by atoms with Gasteiger partial charge in [-0.15, -0.1) is 0 Å². The molecule has 20 heavy (non-hydrogen) atoms. The van der Waals surface area contributed by atoms with E-state index in [1.807, 2.05) is 12.1 Å². The van der Waals surface area contributed by atoms with Gasteiger partial charge < -0.3 is 10.0 Å². The van der Waals surface area contributed by atoms with Gasteiger partial charge in [-0.2, -0.15) is 0 Å². The number of aromatic nitrogens is 2. The first-order chi connectivity index (χ1) is 9.70. The van der Waals surface area contributed by atoms with Crippen LogP contribution in [0.2, 0.25) is 0 Å². The number of halogens is 1. The van der Waals surface area contributed by atoms with Crippen molar-refractivity contribution in [3.05, 3.63) is 58.6 Å². The Hall–Kier alpha value is -1.79. The molecule has 0 aliphatic carbocycles. The number of aliphatic hydroxyl groups is 1. The van der Waals surface area contributed by atoms with E-state index >= 15 is 0 Å². The second kappa shape index (κ2) is 7.12. The van der Waals surface area contributed by atoms with Crippen LogP contribution in [0.1, 0.15) is 15.9 Å². The lowest BCUT2D eigenvalue weighted by Crippen LogP contribution is -2.33. The fourth-order valence-corrected chi connectivity index (χ4v) is 2.17. The highest BCUT2D eigenvalue weighted by Gasteiger charge is 2.16. The van der Waals surface area contributed by atoms with Crippen molar-refractivity contribution in [1.82, 2.24) is 14.9 Å². The molecule has 0 aromatic carbocycles. The minimum Gasteiger partial charge on any atom is -0.395 e. The van der Waals surface area contributed by atoms with Crippen molar-refractivity contribution < 1.29 is 9.90 Å². The quantitative estimate of drug-likeness (QED) is 0.847. The molecule has 2 aromatic heterocycles. The van der Waals surface area contributed by atoms with E-state index in [-0.39, 0.29) is 19.1 Å². The molecule has 1 N–H and O–H groups in total. The molecule has 0 aliphatic heterocycles. The topological polar surface area (TPSA) is 66.3 Å². The maximum atomic E-state index is 12.4. The van der Waals surface area contributed by atoms with Crippen LogP contribution in [0.3, 0.4) is 0 Å². The number of aliphatic hydroxyl groups excluding tert-OH is 1. The molecule has 0 fully saturated rings. The van der Waals surface area contributed by atoms with Gasteiger partial charge in [0.1, 0.15) is 4.60 Å². The van der Waals surface area contributed by atoms with Crippen molar-refractivity contribution >= 4 is 21.8 Å². The largest absolute Gasteiger partial charge is 0.395 e. The third-order valence-electron chi connectivity index (χ3n) is 2.73. The highest BCUT2D eigenvalue weighted by atomic mass is 79.9. The summed E-state index contributed by atoms with van der Waals surface area (Å²) in [5.74, 6) is -0.147. The molecule has 1 amide bonds. The molecule has 6 heteroatoms. The normalized spacial score (nSPS) is 10.3. The molecule has 0 saturated carbocycles. The lowest BCUT2D eigenvalue weighted by Gasteiger charge is -2.21. The molecule has 2 heterocycles. The van der Waals surface area contributed by atoms with Crippen molar-refractivity contribution in [2.24, 2.45) is 0 Å². The van der Waals surface area contributed by atoms with Gasteiger partial charge in [0.2, 0.25) is 0 Å². The van der Waals surface area contributed by atoms with Crippen molar-refractivity contribution in [3.63, 3.8) is 0 Å². The Kier molecular flexibility index (Phi) is 5.20. The summed E-state index contributed by atoms with van der Waals surface area (Å²) in [6.07, 6.45) is 4.96. The standard InChI is InChI=1S/C14H14BrN3O2/c15-13-8-12(3-5-17-13)14(20)18(6-7-19)10-11-2-1-4-16-9-11/h1-5,8-9,19H,6-7,10H2. The van der Waals surface area contributed by atoms with Gasteiger partial charge in [-0.25, -0.2) is 4.98 Å². The number of nitrogens with zero attached hydrogens (tertiary/aromatic N) is 3. The number of rotatable bonds is 5. The van der Waals surface area contributed by atoms with Crippen LogP contribution >= 0.6 is 15.9 Å². The van der Waals surface area contributed by atoms with Crippen LogP contribution in [-0.2, 0) is 6.54 Å². The van der Waals surface area contributed by atoms with Gasteiger partial charge in [-0.1, -0.05) is 6.07 Å². The zero-order valence-electron chi connectivity index (χ0n) is 10.7. The molecule has 0 spiro atoms. The lowest BCUT2D eigenvalue weighted by atomic mass is 10.2. The van der Waals surface area contributed by atoms with Crippen LogP contribution in [-0.4, -0.2) is 39.0 Å². The molecule has 0 atom stereocenters. The zero-order valence-corrected chi connectivity index (χ0v) is 12.3. The smallest absolute Gasteiger partial charge is 0.254 e.